The largest absolute Gasteiger partial charge is 0.193 e. The summed E-state index contributed by atoms with van der Waals surface area (Å²) in [6.45, 7) is 0. The summed E-state index contributed by atoms with van der Waals surface area (Å²) in [5.74, 6) is 0. The molecule has 0 unspecified atom stereocenters. The zero-order valence-corrected chi connectivity index (χ0v) is 3.44. The molecule has 0 N–H and O–H groups in total. The van der Waals surface area contributed by atoms with Gasteiger partial charge in [-0.05, 0) is 12.8 Å². The minimum absolute atomic E-state index is 1.16. The normalized spacial score (nSPS) is 16.2. The molecule has 1 rings (SSSR count). The van der Waals surface area contributed by atoms with Crippen molar-refractivity contribution in [2.75, 3.05) is 0 Å². The second kappa shape index (κ2) is 1.14. The molecule has 0 spiro atoms. The Morgan fingerprint density at radius 2 is 2.33 bits per heavy atom. The maximum absolute atomic E-state index is 7.95. The van der Waals surface area contributed by atoms with Crippen LogP contribution in [-0.2, 0) is 0 Å². The van der Waals surface area contributed by atoms with Crippen LogP contribution < -0.4 is 0 Å². The SMILES string of the molecule is N#CC=C1CC1. The van der Waals surface area contributed by atoms with E-state index in [1.165, 1.54) is 5.57 Å². The molecule has 1 aliphatic rings. The Balaban J connectivity index is 2.49. The van der Waals surface area contributed by atoms with Crippen molar-refractivity contribution in [1.29, 1.82) is 5.26 Å². The highest BCUT2D eigenvalue weighted by Crippen LogP contribution is 2.26. The van der Waals surface area contributed by atoms with Gasteiger partial charge in [0.1, 0.15) is 0 Å². The molecule has 1 aliphatic carbocycles. The Morgan fingerprint density at radius 3 is 2.50 bits per heavy atom. The molecule has 1 nitrogen and oxygen atoms in total. The first-order valence-electron chi connectivity index (χ1n) is 2.01. The molecule has 1 fully saturated rings. The number of allylic oxidation sites excluding steroid dienone is 2. The van der Waals surface area contributed by atoms with Gasteiger partial charge in [-0.3, -0.25) is 0 Å². The molecule has 0 atom stereocenters. The molecule has 0 aliphatic heterocycles. The van der Waals surface area contributed by atoms with Gasteiger partial charge in [0.05, 0.1) is 6.07 Å². The van der Waals surface area contributed by atoms with Crippen molar-refractivity contribution in [3.05, 3.63) is 11.6 Å². The standard InChI is InChI=1S/C5H5N/c6-4-3-5-1-2-5/h3H,1-2H2. The highest BCUT2D eigenvalue weighted by Gasteiger charge is 2.08. The topological polar surface area (TPSA) is 23.8 Å². The van der Waals surface area contributed by atoms with E-state index in [4.69, 9.17) is 5.26 Å². The lowest BCUT2D eigenvalue weighted by molar-refractivity contribution is 1.50. The molecule has 0 aromatic rings. The lowest BCUT2D eigenvalue weighted by atomic mass is 10.5. The van der Waals surface area contributed by atoms with Crippen molar-refractivity contribution < 1.29 is 0 Å². The van der Waals surface area contributed by atoms with Gasteiger partial charge in [-0.25, -0.2) is 0 Å². The van der Waals surface area contributed by atoms with Crippen LogP contribution in [-0.4, -0.2) is 0 Å². The molecule has 1 saturated carbocycles. The second-order valence-corrected chi connectivity index (χ2v) is 1.43. The summed E-state index contributed by atoms with van der Waals surface area (Å²) < 4.78 is 0. The first-order chi connectivity index (χ1) is 2.93. The first-order valence-corrected chi connectivity index (χ1v) is 2.01. The third-order valence-electron chi connectivity index (χ3n) is 0.807. The van der Waals surface area contributed by atoms with E-state index >= 15 is 0 Å². The average Bonchev–Trinajstić information content (AvgIpc) is 2.21. The zero-order chi connectivity index (χ0) is 4.41. The van der Waals surface area contributed by atoms with Crippen LogP contribution in [0.5, 0.6) is 0 Å². The van der Waals surface area contributed by atoms with E-state index in [0.29, 0.717) is 0 Å². The van der Waals surface area contributed by atoms with Gasteiger partial charge in [0.15, 0.2) is 0 Å². The molecule has 0 amide bonds. The third kappa shape index (κ3) is 0.587. The third-order valence-corrected chi connectivity index (χ3v) is 0.807. The van der Waals surface area contributed by atoms with Crippen molar-refractivity contribution in [3.63, 3.8) is 0 Å². The molecule has 0 bridgehead atoms. The average molecular weight is 79.1 g/mol. The van der Waals surface area contributed by atoms with Crippen LogP contribution in [0.3, 0.4) is 0 Å². The first kappa shape index (κ1) is 3.42. The summed E-state index contributed by atoms with van der Waals surface area (Å²) in [5, 5.41) is 7.95. The van der Waals surface area contributed by atoms with Crippen LogP contribution in [0, 0.1) is 11.3 Å². The fourth-order valence-electron chi connectivity index (χ4n) is 0.308. The monoisotopic (exact) mass is 79.0 g/mol. The number of hydrogen-bond acceptors (Lipinski definition) is 1. The Kier molecular flexibility index (Phi) is 0.648. The number of nitrogens with zero attached hydrogens (tertiary/aromatic N) is 1. The fraction of sp³-hybridized carbons (Fsp3) is 0.400. The van der Waals surface area contributed by atoms with Crippen molar-refractivity contribution in [2.45, 2.75) is 12.8 Å². The predicted molar refractivity (Wildman–Crippen MR) is 22.9 cm³/mol. The van der Waals surface area contributed by atoms with E-state index < -0.39 is 0 Å². The van der Waals surface area contributed by atoms with Gasteiger partial charge >= 0.3 is 0 Å². The highest BCUT2D eigenvalue weighted by molar-refractivity contribution is 5.23. The van der Waals surface area contributed by atoms with Crippen LogP contribution >= 0.6 is 0 Å². The van der Waals surface area contributed by atoms with Crippen LogP contribution in [0.25, 0.3) is 0 Å². The molecular weight excluding hydrogens is 74.1 g/mol. The summed E-state index contributed by atoms with van der Waals surface area (Å²) in [4.78, 5) is 0. The number of nitriles is 1. The van der Waals surface area contributed by atoms with Gasteiger partial charge in [0.25, 0.3) is 0 Å². The maximum Gasteiger partial charge on any atom is 0.0911 e. The van der Waals surface area contributed by atoms with Gasteiger partial charge in [-0.2, -0.15) is 5.26 Å². The predicted octanol–water partition coefficient (Wildman–Crippen LogP) is 1.23. The lowest BCUT2D eigenvalue weighted by Crippen LogP contribution is -1.38. The van der Waals surface area contributed by atoms with Crippen LogP contribution in [0.15, 0.2) is 11.6 Å². The summed E-state index contributed by atoms with van der Waals surface area (Å²) in [7, 11) is 0. The highest BCUT2D eigenvalue weighted by atomic mass is 14.2. The molecule has 1 heteroatoms. The van der Waals surface area contributed by atoms with Crippen LogP contribution in [0.4, 0.5) is 0 Å². The van der Waals surface area contributed by atoms with E-state index in [2.05, 4.69) is 0 Å². The Bertz CT molecular complexity index is 110. The van der Waals surface area contributed by atoms with Crippen molar-refractivity contribution in [3.8, 4) is 6.07 Å². The molecule has 0 radical (unpaired) electrons. The van der Waals surface area contributed by atoms with E-state index in [9.17, 15) is 0 Å². The molecule has 6 heavy (non-hydrogen) atoms. The Hall–Kier alpha value is -0.770. The summed E-state index contributed by atoms with van der Waals surface area (Å²) >= 11 is 0. The number of hydrogen-bond donors (Lipinski definition) is 0. The van der Waals surface area contributed by atoms with Crippen molar-refractivity contribution in [1.82, 2.24) is 0 Å². The van der Waals surface area contributed by atoms with E-state index in [-0.39, 0.29) is 0 Å². The zero-order valence-electron chi connectivity index (χ0n) is 3.44. The van der Waals surface area contributed by atoms with Gasteiger partial charge < -0.3 is 0 Å². The van der Waals surface area contributed by atoms with Gasteiger partial charge in [0, 0.05) is 6.08 Å². The smallest absolute Gasteiger partial charge is 0.0911 e. The van der Waals surface area contributed by atoms with Crippen molar-refractivity contribution in [2.24, 2.45) is 0 Å². The Labute approximate surface area is 36.9 Å². The summed E-state index contributed by atoms with van der Waals surface area (Å²) in [6, 6.07) is 1.97. The molecule has 0 aromatic heterocycles. The van der Waals surface area contributed by atoms with Crippen LogP contribution in [0.2, 0.25) is 0 Å². The number of rotatable bonds is 0. The minimum Gasteiger partial charge on any atom is -0.193 e. The van der Waals surface area contributed by atoms with Crippen molar-refractivity contribution >= 4 is 0 Å². The molecule has 0 aromatic carbocycles. The minimum atomic E-state index is 1.16. The second-order valence-electron chi connectivity index (χ2n) is 1.43. The fourth-order valence-corrected chi connectivity index (χ4v) is 0.308. The van der Waals surface area contributed by atoms with E-state index in [1.807, 2.05) is 6.07 Å². The molecule has 0 heterocycles. The molecular formula is C5H5N. The summed E-state index contributed by atoms with van der Waals surface area (Å²) in [5.41, 5.74) is 1.30. The van der Waals surface area contributed by atoms with Gasteiger partial charge in [-0.15, -0.1) is 0 Å². The maximum atomic E-state index is 7.95. The lowest BCUT2D eigenvalue weighted by Gasteiger charge is -1.51. The Morgan fingerprint density at radius 1 is 1.67 bits per heavy atom. The van der Waals surface area contributed by atoms with Gasteiger partial charge in [0.2, 0.25) is 0 Å². The van der Waals surface area contributed by atoms with Crippen LogP contribution in [0.1, 0.15) is 12.8 Å². The quantitative estimate of drug-likeness (QED) is 0.400. The van der Waals surface area contributed by atoms with E-state index in [1.54, 1.807) is 6.08 Å². The molecule has 30 valence electrons. The van der Waals surface area contributed by atoms with Gasteiger partial charge in [-0.1, -0.05) is 5.57 Å². The van der Waals surface area contributed by atoms with E-state index in [0.717, 1.165) is 12.8 Å². The molecule has 0 saturated heterocycles. The summed E-state index contributed by atoms with van der Waals surface area (Å²) in [6.07, 6.45) is 3.95.